The lowest BCUT2D eigenvalue weighted by molar-refractivity contribution is -0.374. The Morgan fingerprint density at radius 1 is 0.548 bits per heavy atom. The summed E-state index contributed by atoms with van der Waals surface area (Å²) in [4.78, 5) is 30.9. The Hall–Kier alpha value is -3.74. The third-order valence-corrected chi connectivity index (χ3v) is 6.72. The standard InChI is InChI=1S/C8H2Cl2F8O4.2C7H8N2O/c9-3(1(19)20)5(11,12)7(15,16)4(10,2(21)22)8(17,18)6(3,13)14;2*8-9-7(10)6-4-2-1-3-5-6/h(H,19,20)(H,21,22);2*1-5H,8H2,(H,9,10). The van der Waals surface area contributed by atoms with Crippen LogP contribution in [-0.4, -0.2) is 67.4 Å². The van der Waals surface area contributed by atoms with E-state index in [0.29, 0.717) is 11.1 Å². The Balaban J connectivity index is 0.000000362. The average molecular weight is 657 g/mol. The van der Waals surface area contributed by atoms with E-state index in [1.165, 1.54) is 0 Å². The molecule has 2 amide bonds. The summed E-state index contributed by atoms with van der Waals surface area (Å²) in [6.45, 7) is 0. The van der Waals surface area contributed by atoms with Crippen molar-refractivity contribution in [2.24, 2.45) is 11.7 Å². The molecule has 232 valence electrons. The van der Waals surface area contributed by atoms with Crippen LogP contribution in [-0.2, 0) is 9.59 Å². The summed E-state index contributed by atoms with van der Waals surface area (Å²) in [5, 5.41) is 16.6. The summed E-state index contributed by atoms with van der Waals surface area (Å²) in [6, 6.07) is 17.6. The SMILES string of the molecule is NNC(=O)c1ccccc1.NNC(=O)c1ccccc1.O=C(O)C1(Cl)C(F)(F)C(F)(F)C(Cl)(C(=O)O)C(F)(F)C1(F)F. The molecule has 10 nitrogen and oxygen atoms in total. The number of nitrogens with two attached hydrogens (primary N) is 2. The molecular formula is C22H18Cl2F8N4O6. The van der Waals surface area contributed by atoms with E-state index in [1.54, 1.807) is 48.5 Å². The molecule has 2 aromatic rings. The van der Waals surface area contributed by atoms with E-state index in [9.17, 15) is 54.3 Å². The zero-order valence-corrected chi connectivity index (χ0v) is 21.7. The molecule has 1 aliphatic rings. The van der Waals surface area contributed by atoms with Crippen LogP contribution in [0.2, 0.25) is 0 Å². The van der Waals surface area contributed by atoms with Gasteiger partial charge in [-0.05, 0) is 24.3 Å². The quantitative estimate of drug-likeness (QED) is 0.0952. The van der Waals surface area contributed by atoms with E-state index >= 15 is 0 Å². The van der Waals surface area contributed by atoms with Gasteiger partial charge >= 0.3 is 35.6 Å². The lowest BCUT2D eigenvalue weighted by atomic mass is 9.69. The maximum absolute atomic E-state index is 13.6. The molecule has 1 fully saturated rings. The summed E-state index contributed by atoms with van der Waals surface area (Å²) in [5.74, 6) is -24.6. The molecule has 2 aromatic carbocycles. The number of aliphatic carboxylic acids is 2. The fourth-order valence-electron chi connectivity index (χ4n) is 3.14. The number of carbonyl (C=O) groups excluding carboxylic acids is 2. The summed E-state index contributed by atoms with van der Waals surface area (Å²) in [7, 11) is 0. The number of carbonyl (C=O) groups is 4. The number of hydrazine groups is 2. The molecule has 0 aromatic heterocycles. The van der Waals surface area contributed by atoms with Crippen LogP contribution in [0.25, 0.3) is 0 Å². The molecule has 1 saturated carbocycles. The Bertz CT molecular complexity index is 1180. The van der Waals surface area contributed by atoms with Gasteiger partial charge in [-0.15, -0.1) is 0 Å². The second-order valence-corrected chi connectivity index (χ2v) is 9.04. The number of amides is 2. The number of alkyl halides is 10. The van der Waals surface area contributed by atoms with Crippen LogP contribution < -0.4 is 22.5 Å². The first kappa shape index (κ1) is 36.3. The largest absolute Gasteiger partial charge is 0.480 e. The van der Waals surface area contributed by atoms with Crippen LogP contribution in [0, 0.1) is 0 Å². The maximum atomic E-state index is 13.6. The molecule has 0 radical (unpaired) electrons. The number of halogens is 10. The first-order valence-electron chi connectivity index (χ1n) is 10.6. The van der Waals surface area contributed by atoms with Gasteiger partial charge in [0.1, 0.15) is 0 Å². The van der Waals surface area contributed by atoms with Crippen LogP contribution in [0.4, 0.5) is 35.1 Å². The Morgan fingerprint density at radius 3 is 0.929 bits per heavy atom. The molecule has 42 heavy (non-hydrogen) atoms. The predicted molar refractivity (Wildman–Crippen MR) is 128 cm³/mol. The van der Waals surface area contributed by atoms with Crippen LogP contribution in [0.5, 0.6) is 0 Å². The minimum absolute atomic E-state index is 0.263. The molecule has 20 heteroatoms. The van der Waals surface area contributed by atoms with Gasteiger partial charge in [0.2, 0.25) is 0 Å². The highest BCUT2D eigenvalue weighted by Crippen LogP contribution is 2.70. The van der Waals surface area contributed by atoms with Crippen LogP contribution >= 0.6 is 23.2 Å². The van der Waals surface area contributed by atoms with E-state index in [4.69, 9.17) is 21.9 Å². The van der Waals surface area contributed by atoms with E-state index in [0.717, 1.165) is 0 Å². The maximum Gasteiger partial charge on any atom is 0.348 e. The summed E-state index contributed by atoms with van der Waals surface area (Å²) < 4.78 is 108. The minimum Gasteiger partial charge on any atom is -0.480 e. The molecule has 0 bridgehead atoms. The van der Waals surface area contributed by atoms with Crippen molar-refractivity contribution in [2.75, 3.05) is 0 Å². The molecule has 3 rings (SSSR count). The molecule has 1 aliphatic carbocycles. The molecule has 8 N–H and O–H groups in total. The minimum atomic E-state index is -6.65. The molecule has 0 atom stereocenters. The Labute approximate surface area is 239 Å². The normalized spacial score (nSPS) is 24.3. The van der Waals surface area contributed by atoms with Gasteiger partial charge in [0, 0.05) is 11.1 Å². The molecular weight excluding hydrogens is 639 g/mol. The van der Waals surface area contributed by atoms with Crippen molar-refractivity contribution in [2.45, 2.75) is 33.4 Å². The highest BCUT2D eigenvalue weighted by Gasteiger charge is 3.01. The number of hydrogen-bond donors (Lipinski definition) is 6. The molecule has 0 saturated heterocycles. The van der Waals surface area contributed by atoms with Gasteiger partial charge in [0.25, 0.3) is 21.6 Å². The van der Waals surface area contributed by atoms with Gasteiger partial charge in [0.15, 0.2) is 0 Å². The highest BCUT2D eigenvalue weighted by molar-refractivity contribution is 6.39. The van der Waals surface area contributed by atoms with Gasteiger partial charge in [-0.3, -0.25) is 20.4 Å². The summed E-state index contributed by atoms with van der Waals surface area (Å²) in [6.07, 6.45) is 0. The fraction of sp³-hybridized carbons (Fsp3) is 0.273. The zero-order chi connectivity index (χ0) is 32.9. The van der Waals surface area contributed by atoms with Crippen molar-refractivity contribution < 1.29 is 64.5 Å². The number of nitrogen functional groups attached to an aromatic ring is 2. The smallest absolute Gasteiger partial charge is 0.348 e. The summed E-state index contributed by atoms with van der Waals surface area (Å²) >= 11 is 8.57. The van der Waals surface area contributed by atoms with Gasteiger partial charge in [-0.1, -0.05) is 59.6 Å². The average Bonchev–Trinajstić information content (AvgIpc) is 2.95. The van der Waals surface area contributed by atoms with Crippen molar-refractivity contribution in [3.63, 3.8) is 0 Å². The molecule has 0 spiro atoms. The van der Waals surface area contributed by atoms with E-state index < -0.39 is 45.4 Å². The fourth-order valence-corrected chi connectivity index (χ4v) is 3.62. The monoisotopic (exact) mass is 656 g/mol. The third-order valence-electron chi connectivity index (χ3n) is 5.44. The molecule has 0 unspecified atom stereocenters. The van der Waals surface area contributed by atoms with E-state index in [-0.39, 0.29) is 11.8 Å². The van der Waals surface area contributed by atoms with Crippen molar-refractivity contribution in [1.82, 2.24) is 10.9 Å². The first-order chi connectivity index (χ1) is 19.1. The van der Waals surface area contributed by atoms with Crippen molar-refractivity contribution in [1.29, 1.82) is 0 Å². The second-order valence-electron chi connectivity index (χ2n) is 7.90. The lowest BCUT2D eigenvalue weighted by Gasteiger charge is -2.53. The van der Waals surface area contributed by atoms with Gasteiger partial charge < -0.3 is 10.2 Å². The zero-order valence-electron chi connectivity index (χ0n) is 20.2. The van der Waals surface area contributed by atoms with Crippen LogP contribution in [0.3, 0.4) is 0 Å². The molecule has 0 heterocycles. The van der Waals surface area contributed by atoms with Crippen molar-refractivity contribution in [3.8, 4) is 0 Å². The predicted octanol–water partition coefficient (Wildman–Crippen LogP) is 3.25. The Kier molecular flexibility index (Phi) is 10.9. The second kappa shape index (κ2) is 12.6. The van der Waals surface area contributed by atoms with Crippen molar-refractivity contribution >= 4 is 47.0 Å². The number of hydrogen-bond acceptors (Lipinski definition) is 6. The number of nitrogens with one attached hydrogen (secondary N) is 2. The number of carboxylic acid groups (broad SMARTS) is 2. The van der Waals surface area contributed by atoms with E-state index in [1.807, 2.05) is 23.0 Å². The lowest BCUT2D eigenvalue weighted by Crippen LogP contribution is -2.87. The third kappa shape index (κ3) is 5.53. The Morgan fingerprint density at radius 2 is 0.762 bits per heavy atom. The van der Waals surface area contributed by atoms with E-state index in [2.05, 4.69) is 23.2 Å². The van der Waals surface area contributed by atoms with Gasteiger partial charge in [0.05, 0.1) is 0 Å². The van der Waals surface area contributed by atoms with Gasteiger partial charge in [-0.2, -0.15) is 35.1 Å². The molecule has 0 aliphatic heterocycles. The van der Waals surface area contributed by atoms with Crippen molar-refractivity contribution in [3.05, 3.63) is 71.8 Å². The number of rotatable bonds is 4. The van der Waals surface area contributed by atoms with Crippen LogP contribution in [0.1, 0.15) is 20.7 Å². The summed E-state index contributed by atoms with van der Waals surface area (Å²) in [5.41, 5.74) is 5.23. The topological polar surface area (TPSA) is 185 Å². The number of carboxylic acids is 2. The number of benzene rings is 2. The van der Waals surface area contributed by atoms with Crippen LogP contribution in [0.15, 0.2) is 60.7 Å². The van der Waals surface area contributed by atoms with Gasteiger partial charge in [-0.25, -0.2) is 21.3 Å². The first-order valence-corrected chi connectivity index (χ1v) is 11.3. The highest BCUT2D eigenvalue weighted by atomic mass is 35.5.